The summed E-state index contributed by atoms with van der Waals surface area (Å²) in [6.45, 7) is 4.79. The molecule has 0 aliphatic carbocycles. The smallest absolute Gasteiger partial charge is 0.259 e. The van der Waals surface area contributed by atoms with E-state index in [2.05, 4.69) is 40.4 Å². The number of benzene rings is 3. The van der Waals surface area contributed by atoms with Crippen LogP contribution in [0.15, 0.2) is 77.3 Å². The van der Waals surface area contributed by atoms with Crippen LogP contribution in [0, 0.1) is 5.92 Å². The summed E-state index contributed by atoms with van der Waals surface area (Å²) < 4.78 is 6.63. The maximum atomic E-state index is 12.9. The molecule has 31 heavy (non-hydrogen) atoms. The predicted octanol–water partition coefficient (Wildman–Crippen LogP) is 6.38. The van der Waals surface area contributed by atoms with Crippen molar-refractivity contribution >= 4 is 39.1 Å². The molecule has 0 unspecified atom stereocenters. The zero-order chi connectivity index (χ0) is 22.2. The van der Waals surface area contributed by atoms with Gasteiger partial charge in [0.05, 0.1) is 12.2 Å². The number of nitrogens with one attached hydrogen (secondary N) is 2. The highest BCUT2D eigenvalue weighted by Crippen LogP contribution is 2.25. The van der Waals surface area contributed by atoms with Crippen molar-refractivity contribution in [3.63, 3.8) is 0 Å². The molecule has 3 aromatic carbocycles. The number of ether oxygens (including phenoxy) is 1. The van der Waals surface area contributed by atoms with E-state index in [9.17, 15) is 9.59 Å². The molecule has 0 saturated heterocycles. The van der Waals surface area contributed by atoms with Crippen molar-refractivity contribution < 1.29 is 14.3 Å². The molecule has 2 N–H and O–H groups in total. The van der Waals surface area contributed by atoms with Gasteiger partial charge in [-0.2, -0.15) is 0 Å². The predicted molar refractivity (Wildman–Crippen MR) is 128 cm³/mol. The van der Waals surface area contributed by atoms with Gasteiger partial charge in [0.15, 0.2) is 0 Å². The Hall–Kier alpha value is -3.12. The van der Waals surface area contributed by atoms with E-state index in [0.717, 1.165) is 10.9 Å². The molecule has 6 heteroatoms. The second-order valence-electron chi connectivity index (χ2n) is 7.53. The third-order valence-electron chi connectivity index (χ3n) is 4.55. The minimum atomic E-state index is -0.304. The van der Waals surface area contributed by atoms with E-state index < -0.39 is 0 Å². The quantitative estimate of drug-likeness (QED) is 0.393. The summed E-state index contributed by atoms with van der Waals surface area (Å²) in [6.07, 6.45) is 0.899. The van der Waals surface area contributed by atoms with E-state index in [0.29, 0.717) is 40.8 Å². The summed E-state index contributed by atoms with van der Waals surface area (Å²) in [7, 11) is 0. The first-order valence-corrected chi connectivity index (χ1v) is 10.9. The lowest BCUT2D eigenvalue weighted by Gasteiger charge is -2.14. The number of anilines is 2. The molecule has 0 aromatic heterocycles. The lowest BCUT2D eigenvalue weighted by Crippen LogP contribution is -2.16. The normalized spacial score (nSPS) is 10.6. The molecule has 0 spiro atoms. The Labute approximate surface area is 191 Å². The molecule has 0 fully saturated rings. The van der Waals surface area contributed by atoms with Crippen LogP contribution in [0.2, 0.25) is 0 Å². The van der Waals surface area contributed by atoms with Crippen molar-refractivity contribution in [2.75, 3.05) is 17.2 Å². The number of hydrogen-bond acceptors (Lipinski definition) is 3. The molecule has 0 atom stereocenters. The van der Waals surface area contributed by atoms with Crippen molar-refractivity contribution in [3.8, 4) is 5.75 Å². The van der Waals surface area contributed by atoms with Crippen molar-refractivity contribution in [1.82, 2.24) is 0 Å². The van der Waals surface area contributed by atoms with E-state index in [-0.39, 0.29) is 11.8 Å². The number of carbonyl (C=O) groups excluding carboxylic acids is 2. The highest BCUT2D eigenvalue weighted by atomic mass is 79.9. The molecule has 0 saturated carbocycles. The lowest BCUT2D eigenvalue weighted by molar-refractivity contribution is 0.101. The van der Waals surface area contributed by atoms with Crippen LogP contribution >= 0.6 is 15.9 Å². The van der Waals surface area contributed by atoms with E-state index in [1.165, 1.54) is 0 Å². The number of halogens is 1. The summed E-state index contributed by atoms with van der Waals surface area (Å²) in [6, 6.07) is 21.4. The summed E-state index contributed by atoms with van der Waals surface area (Å²) in [5.41, 5.74) is 2.11. The van der Waals surface area contributed by atoms with Gasteiger partial charge in [-0.15, -0.1) is 0 Å². The molecule has 160 valence electrons. The van der Waals surface area contributed by atoms with Gasteiger partial charge in [-0.1, -0.05) is 54.0 Å². The van der Waals surface area contributed by atoms with Gasteiger partial charge in [-0.25, -0.2) is 0 Å². The molecule has 2 amide bonds. The fraction of sp³-hybridized carbons (Fsp3) is 0.200. The van der Waals surface area contributed by atoms with Gasteiger partial charge in [0.2, 0.25) is 0 Å². The Morgan fingerprint density at radius 2 is 1.58 bits per heavy atom. The van der Waals surface area contributed by atoms with Crippen LogP contribution in [0.25, 0.3) is 0 Å². The largest absolute Gasteiger partial charge is 0.493 e. The van der Waals surface area contributed by atoms with Crippen LogP contribution in [-0.4, -0.2) is 18.4 Å². The van der Waals surface area contributed by atoms with Gasteiger partial charge in [0.1, 0.15) is 5.75 Å². The van der Waals surface area contributed by atoms with Crippen LogP contribution in [0.1, 0.15) is 41.0 Å². The second-order valence-corrected chi connectivity index (χ2v) is 8.44. The zero-order valence-corrected chi connectivity index (χ0v) is 19.1. The minimum absolute atomic E-state index is 0.248. The van der Waals surface area contributed by atoms with Crippen LogP contribution in [-0.2, 0) is 0 Å². The van der Waals surface area contributed by atoms with Gasteiger partial charge in [0.25, 0.3) is 11.8 Å². The molecule has 3 rings (SSSR count). The Kier molecular flexibility index (Phi) is 7.84. The van der Waals surface area contributed by atoms with Crippen LogP contribution in [0.3, 0.4) is 0 Å². The van der Waals surface area contributed by atoms with Crippen molar-refractivity contribution in [1.29, 1.82) is 0 Å². The number of rotatable bonds is 8. The third kappa shape index (κ3) is 6.69. The Bertz CT molecular complexity index is 1050. The van der Waals surface area contributed by atoms with Crippen molar-refractivity contribution in [3.05, 3.63) is 88.4 Å². The molecule has 0 aliphatic heterocycles. The Balaban J connectivity index is 1.73. The second kappa shape index (κ2) is 10.8. The number of amides is 2. The first-order chi connectivity index (χ1) is 14.9. The maximum Gasteiger partial charge on any atom is 0.259 e. The monoisotopic (exact) mass is 480 g/mol. The first kappa shape index (κ1) is 22.6. The summed E-state index contributed by atoms with van der Waals surface area (Å²) in [5, 5.41) is 5.71. The lowest BCUT2D eigenvalue weighted by atomic mass is 10.1. The van der Waals surface area contributed by atoms with E-state index in [1.807, 2.05) is 36.4 Å². The molecular weight excluding hydrogens is 456 g/mol. The molecule has 0 bridgehead atoms. The third-order valence-corrected chi connectivity index (χ3v) is 5.05. The average molecular weight is 481 g/mol. The first-order valence-electron chi connectivity index (χ1n) is 10.1. The Morgan fingerprint density at radius 3 is 2.32 bits per heavy atom. The maximum absolute atomic E-state index is 12.9. The van der Waals surface area contributed by atoms with Crippen LogP contribution in [0.5, 0.6) is 5.75 Å². The van der Waals surface area contributed by atoms with E-state index >= 15 is 0 Å². The minimum Gasteiger partial charge on any atom is -0.493 e. The van der Waals surface area contributed by atoms with Crippen molar-refractivity contribution in [2.24, 2.45) is 5.92 Å². The number of carbonyl (C=O) groups is 2. The van der Waals surface area contributed by atoms with Crippen LogP contribution in [0.4, 0.5) is 11.4 Å². The summed E-state index contributed by atoms with van der Waals surface area (Å²) in [5.74, 6) is 0.487. The molecular formula is C25H25BrN2O3. The number of hydrogen-bond donors (Lipinski definition) is 2. The molecule has 0 radical (unpaired) electrons. The van der Waals surface area contributed by atoms with E-state index in [1.54, 1.807) is 36.4 Å². The fourth-order valence-corrected chi connectivity index (χ4v) is 3.23. The standard InChI is InChI=1S/C25H25BrN2O3/c1-17(2)13-14-31-23-12-11-19(26)16-22(23)25(30)28-21-10-6-7-18(15-21)24(29)27-20-8-4-3-5-9-20/h3-12,15-17H,13-14H2,1-2H3,(H,27,29)(H,28,30). The summed E-state index contributed by atoms with van der Waals surface area (Å²) >= 11 is 3.42. The topological polar surface area (TPSA) is 67.4 Å². The van der Waals surface area contributed by atoms with Crippen molar-refractivity contribution in [2.45, 2.75) is 20.3 Å². The summed E-state index contributed by atoms with van der Waals surface area (Å²) in [4.78, 5) is 25.5. The fourth-order valence-electron chi connectivity index (χ4n) is 2.87. The zero-order valence-electron chi connectivity index (χ0n) is 17.5. The van der Waals surface area contributed by atoms with Gasteiger partial charge in [-0.05, 0) is 60.9 Å². The molecule has 3 aromatic rings. The van der Waals surface area contributed by atoms with E-state index in [4.69, 9.17) is 4.74 Å². The highest BCUT2D eigenvalue weighted by Gasteiger charge is 2.15. The number of para-hydroxylation sites is 1. The molecule has 0 heterocycles. The van der Waals surface area contributed by atoms with Crippen LogP contribution < -0.4 is 15.4 Å². The average Bonchev–Trinajstić information content (AvgIpc) is 2.75. The highest BCUT2D eigenvalue weighted by molar-refractivity contribution is 9.10. The SMILES string of the molecule is CC(C)CCOc1ccc(Br)cc1C(=O)Nc1cccc(C(=O)Nc2ccccc2)c1. The van der Waals surface area contributed by atoms with Gasteiger partial charge >= 0.3 is 0 Å². The molecule has 0 aliphatic rings. The Morgan fingerprint density at radius 1 is 0.871 bits per heavy atom. The van der Waals surface area contributed by atoms with Gasteiger partial charge in [-0.3, -0.25) is 9.59 Å². The molecule has 5 nitrogen and oxygen atoms in total. The van der Waals surface area contributed by atoms with Gasteiger partial charge in [0, 0.05) is 21.4 Å². The van der Waals surface area contributed by atoms with Gasteiger partial charge < -0.3 is 15.4 Å².